The summed E-state index contributed by atoms with van der Waals surface area (Å²) in [6.07, 6.45) is 3.78. The van der Waals surface area contributed by atoms with Crippen LogP contribution in [0.5, 0.6) is 5.75 Å². The van der Waals surface area contributed by atoms with E-state index < -0.39 is 0 Å². The Morgan fingerprint density at radius 3 is 2.18 bits per heavy atom. The van der Waals surface area contributed by atoms with Crippen molar-refractivity contribution in [3.05, 3.63) is 102 Å². The highest BCUT2D eigenvalue weighted by atomic mass is 16.6. The Kier molecular flexibility index (Phi) is 6.54. The zero-order valence-corrected chi connectivity index (χ0v) is 21.6. The maximum Gasteiger partial charge on any atom is 0.269 e. The maximum atomic E-state index is 11.0. The molecule has 0 radical (unpaired) electrons. The Morgan fingerprint density at radius 2 is 1.51 bits per heavy atom. The van der Waals surface area contributed by atoms with Gasteiger partial charge in [-0.05, 0) is 48.9 Å². The quantitative estimate of drug-likeness (QED) is 0.200. The van der Waals surface area contributed by atoms with Gasteiger partial charge in [-0.2, -0.15) is 0 Å². The third-order valence-corrected chi connectivity index (χ3v) is 7.08. The molecule has 0 bridgehead atoms. The van der Waals surface area contributed by atoms with Gasteiger partial charge in [0.15, 0.2) is 5.65 Å². The van der Waals surface area contributed by atoms with Crippen molar-refractivity contribution in [3.63, 3.8) is 0 Å². The molecule has 196 valence electrons. The molecular weight excluding hydrogens is 492 g/mol. The van der Waals surface area contributed by atoms with E-state index in [-0.39, 0.29) is 10.6 Å². The van der Waals surface area contributed by atoms with E-state index in [1.165, 1.54) is 0 Å². The predicted octanol–water partition coefficient (Wildman–Crippen LogP) is 5.72. The number of ether oxygens (including phenoxy) is 1. The van der Waals surface area contributed by atoms with Gasteiger partial charge in [0.05, 0.1) is 16.9 Å². The van der Waals surface area contributed by atoms with Gasteiger partial charge >= 0.3 is 0 Å². The number of piperazine rings is 1. The molecule has 5 aromatic rings. The molecule has 9 nitrogen and oxygen atoms in total. The Balaban J connectivity index is 1.35. The topological polar surface area (TPSA) is 89.6 Å². The minimum Gasteiger partial charge on any atom is -0.494 e. The highest BCUT2D eigenvalue weighted by Crippen LogP contribution is 2.37. The lowest BCUT2D eigenvalue weighted by molar-refractivity contribution is -0.384. The van der Waals surface area contributed by atoms with Crippen LogP contribution < -0.4 is 14.5 Å². The second kappa shape index (κ2) is 10.4. The van der Waals surface area contributed by atoms with Gasteiger partial charge in [0.2, 0.25) is 0 Å². The van der Waals surface area contributed by atoms with Gasteiger partial charge in [0, 0.05) is 61.4 Å². The van der Waals surface area contributed by atoms with E-state index in [1.807, 2.05) is 61.5 Å². The SMILES string of the molecule is CCOc1ccc(-n2cc(-c3ccccc3)c3c(N4CCN(c5ccc([N+](=O)[O-])cc5)CC4)ncnc32)cc1. The number of nitrogens with zero attached hydrogens (tertiary/aromatic N) is 6. The molecule has 9 heteroatoms. The largest absolute Gasteiger partial charge is 0.494 e. The normalized spacial score (nSPS) is 13.6. The number of benzene rings is 3. The molecule has 0 atom stereocenters. The molecule has 0 unspecified atom stereocenters. The number of hydrogen-bond donors (Lipinski definition) is 0. The molecule has 1 saturated heterocycles. The van der Waals surface area contributed by atoms with Gasteiger partial charge in [-0.15, -0.1) is 0 Å². The van der Waals surface area contributed by atoms with E-state index in [1.54, 1.807) is 18.5 Å². The van der Waals surface area contributed by atoms with Gasteiger partial charge in [0.25, 0.3) is 5.69 Å². The third-order valence-electron chi connectivity index (χ3n) is 7.08. The minimum atomic E-state index is -0.369. The molecule has 2 aromatic heterocycles. The highest BCUT2D eigenvalue weighted by molar-refractivity contribution is 6.02. The minimum absolute atomic E-state index is 0.103. The second-order valence-corrected chi connectivity index (χ2v) is 9.35. The summed E-state index contributed by atoms with van der Waals surface area (Å²) >= 11 is 0. The number of hydrogen-bond acceptors (Lipinski definition) is 7. The number of nitro groups is 1. The maximum absolute atomic E-state index is 11.0. The molecular formula is C30H28N6O3. The van der Waals surface area contributed by atoms with Crippen molar-refractivity contribution >= 4 is 28.2 Å². The fraction of sp³-hybridized carbons (Fsp3) is 0.200. The first-order valence-electron chi connectivity index (χ1n) is 13.0. The van der Waals surface area contributed by atoms with Gasteiger partial charge in [-0.3, -0.25) is 10.1 Å². The number of fused-ring (bicyclic) bond motifs is 1. The Bertz CT molecular complexity index is 1590. The van der Waals surface area contributed by atoms with Crippen molar-refractivity contribution < 1.29 is 9.66 Å². The van der Waals surface area contributed by atoms with Crippen LogP contribution in [-0.4, -0.2) is 52.2 Å². The number of aromatic nitrogens is 3. The van der Waals surface area contributed by atoms with Crippen molar-refractivity contribution in [1.29, 1.82) is 0 Å². The third kappa shape index (κ3) is 4.74. The van der Waals surface area contributed by atoms with Crippen molar-refractivity contribution in [2.45, 2.75) is 6.92 Å². The van der Waals surface area contributed by atoms with Crippen LogP contribution in [0.3, 0.4) is 0 Å². The van der Waals surface area contributed by atoms with Crippen molar-refractivity contribution in [2.24, 2.45) is 0 Å². The van der Waals surface area contributed by atoms with Crippen molar-refractivity contribution in [1.82, 2.24) is 14.5 Å². The Morgan fingerprint density at radius 1 is 0.846 bits per heavy atom. The molecule has 0 N–H and O–H groups in total. The lowest BCUT2D eigenvalue weighted by Crippen LogP contribution is -2.46. The Hall–Kier alpha value is -4.92. The zero-order chi connectivity index (χ0) is 26.8. The Labute approximate surface area is 226 Å². The molecule has 0 saturated carbocycles. The molecule has 3 heterocycles. The zero-order valence-electron chi connectivity index (χ0n) is 21.6. The van der Waals surface area contributed by atoms with Crippen LogP contribution >= 0.6 is 0 Å². The average molecular weight is 521 g/mol. The van der Waals surface area contributed by atoms with E-state index in [4.69, 9.17) is 14.7 Å². The van der Waals surface area contributed by atoms with Crippen LogP contribution in [0.25, 0.3) is 27.8 Å². The smallest absolute Gasteiger partial charge is 0.269 e. The summed E-state index contributed by atoms with van der Waals surface area (Å²) in [5.41, 5.74) is 5.12. The summed E-state index contributed by atoms with van der Waals surface area (Å²) in [5, 5.41) is 12.0. The van der Waals surface area contributed by atoms with E-state index in [0.717, 1.165) is 71.3 Å². The summed E-state index contributed by atoms with van der Waals surface area (Å²) in [7, 11) is 0. The van der Waals surface area contributed by atoms with Gasteiger partial charge < -0.3 is 19.1 Å². The first-order valence-corrected chi connectivity index (χ1v) is 13.0. The molecule has 0 aliphatic carbocycles. The number of anilines is 2. The van der Waals surface area contributed by atoms with Gasteiger partial charge in [-0.1, -0.05) is 30.3 Å². The first-order chi connectivity index (χ1) is 19.1. The van der Waals surface area contributed by atoms with Crippen LogP contribution in [0.4, 0.5) is 17.2 Å². The number of non-ortho nitro benzene ring substituents is 1. The molecule has 0 spiro atoms. The average Bonchev–Trinajstić information content (AvgIpc) is 3.38. The van der Waals surface area contributed by atoms with Crippen LogP contribution in [0.2, 0.25) is 0 Å². The summed E-state index contributed by atoms with van der Waals surface area (Å²) in [5.74, 6) is 1.74. The number of nitro benzene ring substituents is 1. The van der Waals surface area contributed by atoms with E-state index in [0.29, 0.717) is 6.61 Å². The van der Waals surface area contributed by atoms with E-state index >= 15 is 0 Å². The van der Waals surface area contributed by atoms with E-state index in [2.05, 4.69) is 32.7 Å². The number of rotatable bonds is 7. The van der Waals surface area contributed by atoms with Crippen LogP contribution in [0, 0.1) is 10.1 Å². The molecule has 0 amide bonds. The van der Waals surface area contributed by atoms with Gasteiger partial charge in [0.1, 0.15) is 17.9 Å². The van der Waals surface area contributed by atoms with Crippen molar-refractivity contribution in [2.75, 3.05) is 42.6 Å². The van der Waals surface area contributed by atoms with Crippen molar-refractivity contribution in [3.8, 4) is 22.6 Å². The fourth-order valence-corrected chi connectivity index (χ4v) is 5.15. The molecule has 1 aliphatic rings. The monoisotopic (exact) mass is 520 g/mol. The highest BCUT2D eigenvalue weighted by Gasteiger charge is 2.24. The van der Waals surface area contributed by atoms with E-state index in [9.17, 15) is 10.1 Å². The predicted molar refractivity (Wildman–Crippen MR) is 153 cm³/mol. The van der Waals surface area contributed by atoms with Crippen LogP contribution in [-0.2, 0) is 0 Å². The summed E-state index contributed by atoms with van der Waals surface area (Å²) in [6, 6.07) is 25.1. The lowest BCUT2D eigenvalue weighted by Gasteiger charge is -2.37. The standard InChI is InChI=1S/C30H28N6O3/c1-2-39-26-14-12-24(13-15-26)35-20-27(22-6-4-3-5-7-22)28-29(31-21-32-30(28)35)34-18-16-33(17-19-34)23-8-10-25(11-9-23)36(37)38/h3-15,20-21H,2,16-19H2,1H3. The molecule has 39 heavy (non-hydrogen) atoms. The molecule has 3 aromatic carbocycles. The summed E-state index contributed by atoms with van der Waals surface area (Å²) in [4.78, 5) is 24.7. The lowest BCUT2D eigenvalue weighted by atomic mass is 10.1. The summed E-state index contributed by atoms with van der Waals surface area (Å²) in [6.45, 7) is 5.70. The first kappa shape index (κ1) is 24.4. The second-order valence-electron chi connectivity index (χ2n) is 9.35. The molecule has 1 aliphatic heterocycles. The van der Waals surface area contributed by atoms with Crippen LogP contribution in [0.1, 0.15) is 6.92 Å². The molecule has 6 rings (SSSR count). The fourth-order valence-electron chi connectivity index (χ4n) is 5.15. The summed E-state index contributed by atoms with van der Waals surface area (Å²) < 4.78 is 7.76. The van der Waals surface area contributed by atoms with Gasteiger partial charge in [-0.25, -0.2) is 9.97 Å². The van der Waals surface area contributed by atoms with Crippen LogP contribution in [0.15, 0.2) is 91.4 Å². The molecule has 1 fully saturated rings.